The number of aliphatic hydroxyl groups excluding tert-OH is 1. The van der Waals surface area contributed by atoms with Gasteiger partial charge >= 0.3 is 0 Å². The van der Waals surface area contributed by atoms with Gasteiger partial charge in [-0.25, -0.2) is 0 Å². The Morgan fingerprint density at radius 2 is 2.13 bits per heavy atom. The zero-order valence-electron chi connectivity index (χ0n) is 9.52. The molecule has 2 saturated heterocycles. The SMILES string of the molecule is CC1C2CNCC2CN1C1CCCC1O. The molecule has 0 amide bonds. The van der Waals surface area contributed by atoms with Crippen molar-refractivity contribution in [1.82, 2.24) is 10.2 Å². The van der Waals surface area contributed by atoms with Gasteiger partial charge in [0.1, 0.15) is 0 Å². The van der Waals surface area contributed by atoms with Crippen LogP contribution in [0.2, 0.25) is 0 Å². The van der Waals surface area contributed by atoms with Gasteiger partial charge in [-0.2, -0.15) is 0 Å². The van der Waals surface area contributed by atoms with Gasteiger partial charge in [0.2, 0.25) is 0 Å². The highest BCUT2D eigenvalue weighted by Gasteiger charge is 2.46. The largest absolute Gasteiger partial charge is 0.391 e. The summed E-state index contributed by atoms with van der Waals surface area (Å²) in [5.74, 6) is 1.67. The zero-order valence-corrected chi connectivity index (χ0v) is 9.52. The van der Waals surface area contributed by atoms with Gasteiger partial charge in [-0.1, -0.05) is 0 Å². The van der Waals surface area contributed by atoms with Gasteiger partial charge in [0, 0.05) is 18.6 Å². The predicted molar refractivity (Wildman–Crippen MR) is 59.7 cm³/mol. The highest BCUT2D eigenvalue weighted by Crippen LogP contribution is 2.37. The van der Waals surface area contributed by atoms with Crippen molar-refractivity contribution in [1.29, 1.82) is 0 Å². The van der Waals surface area contributed by atoms with E-state index in [0.29, 0.717) is 12.1 Å². The van der Waals surface area contributed by atoms with Gasteiger partial charge in [0.15, 0.2) is 0 Å². The molecule has 0 bridgehead atoms. The molecule has 5 atom stereocenters. The fourth-order valence-corrected chi connectivity index (χ4v) is 3.95. The summed E-state index contributed by atoms with van der Waals surface area (Å²) >= 11 is 0. The molecule has 0 aromatic heterocycles. The highest BCUT2D eigenvalue weighted by molar-refractivity contribution is 5.01. The fourth-order valence-electron chi connectivity index (χ4n) is 3.95. The Balaban J connectivity index is 1.72. The summed E-state index contributed by atoms with van der Waals surface area (Å²) in [4.78, 5) is 2.59. The Hall–Kier alpha value is -0.120. The molecule has 1 aliphatic carbocycles. The number of fused-ring (bicyclic) bond motifs is 1. The number of hydrogen-bond donors (Lipinski definition) is 2. The van der Waals surface area contributed by atoms with E-state index in [1.54, 1.807) is 0 Å². The van der Waals surface area contributed by atoms with Crippen LogP contribution in [-0.4, -0.2) is 47.8 Å². The molecular weight excluding hydrogens is 188 g/mol. The number of rotatable bonds is 1. The molecule has 2 aliphatic heterocycles. The van der Waals surface area contributed by atoms with E-state index in [0.717, 1.165) is 18.3 Å². The third kappa shape index (κ3) is 1.52. The Morgan fingerprint density at radius 3 is 2.80 bits per heavy atom. The molecular formula is C12H22N2O. The van der Waals surface area contributed by atoms with Crippen LogP contribution in [0, 0.1) is 11.8 Å². The lowest BCUT2D eigenvalue weighted by atomic mass is 9.95. The number of aliphatic hydroxyl groups is 1. The minimum Gasteiger partial charge on any atom is -0.391 e. The minimum atomic E-state index is -0.0563. The average Bonchev–Trinajstić information content (AvgIpc) is 2.85. The molecule has 3 rings (SSSR count). The molecule has 0 aromatic carbocycles. The molecule has 0 aromatic rings. The quantitative estimate of drug-likeness (QED) is 0.659. The van der Waals surface area contributed by atoms with Crippen molar-refractivity contribution < 1.29 is 5.11 Å². The second-order valence-electron chi connectivity index (χ2n) is 5.59. The van der Waals surface area contributed by atoms with Gasteiger partial charge in [-0.3, -0.25) is 4.90 Å². The van der Waals surface area contributed by atoms with Crippen LogP contribution in [-0.2, 0) is 0 Å². The minimum absolute atomic E-state index is 0.0563. The maximum atomic E-state index is 9.97. The maximum absolute atomic E-state index is 9.97. The summed E-state index contributed by atoms with van der Waals surface area (Å²) in [6.45, 7) is 5.93. The first-order valence-electron chi connectivity index (χ1n) is 6.42. The summed E-state index contributed by atoms with van der Waals surface area (Å²) in [6.07, 6.45) is 3.38. The molecule has 3 aliphatic rings. The van der Waals surface area contributed by atoms with E-state index in [4.69, 9.17) is 0 Å². The second kappa shape index (κ2) is 3.72. The molecule has 1 saturated carbocycles. The van der Waals surface area contributed by atoms with Crippen molar-refractivity contribution in [3.05, 3.63) is 0 Å². The van der Waals surface area contributed by atoms with Crippen molar-refractivity contribution in [2.75, 3.05) is 19.6 Å². The summed E-state index contributed by atoms with van der Waals surface area (Å²) in [5.41, 5.74) is 0. The highest BCUT2D eigenvalue weighted by atomic mass is 16.3. The monoisotopic (exact) mass is 210 g/mol. The molecule has 5 unspecified atom stereocenters. The van der Waals surface area contributed by atoms with Crippen LogP contribution >= 0.6 is 0 Å². The van der Waals surface area contributed by atoms with E-state index < -0.39 is 0 Å². The van der Waals surface area contributed by atoms with E-state index in [1.807, 2.05) is 0 Å². The summed E-state index contributed by atoms with van der Waals surface area (Å²) in [7, 11) is 0. The van der Waals surface area contributed by atoms with E-state index in [2.05, 4.69) is 17.1 Å². The van der Waals surface area contributed by atoms with Crippen molar-refractivity contribution in [2.24, 2.45) is 11.8 Å². The van der Waals surface area contributed by atoms with Crippen molar-refractivity contribution in [2.45, 2.75) is 44.4 Å². The van der Waals surface area contributed by atoms with Crippen LogP contribution < -0.4 is 5.32 Å². The third-order valence-corrected chi connectivity index (χ3v) is 4.85. The smallest absolute Gasteiger partial charge is 0.0695 e. The van der Waals surface area contributed by atoms with Crippen molar-refractivity contribution in [3.8, 4) is 0 Å². The molecule has 86 valence electrons. The van der Waals surface area contributed by atoms with Gasteiger partial charge < -0.3 is 10.4 Å². The van der Waals surface area contributed by atoms with Gasteiger partial charge in [0.05, 0.1) is 6.10 Å². The molecule has 2 N–H and O–H groups in total. The topological polar surface area (TPSA) is 35.5 Å². The predicted octanol–water partition coefficient (Wildman–Crippen LogP) is 0.439. The first kappa shape index (κ1) is 10.1. The Morgan fingerprint density at radius 1 is 1.27 bits per heavy atom. The van der Waals surface area contributed by atoms with Crippen LogP contribution in [0.1, 0.15) is 26.2 Å². The van der Waals surface area contributed by atoms with Gasteiger partial charge in [0.25, 0.3) is 0 Å². The van der Waals surface area contributed by atoms with Crippen LogP contribution in [0.4, 0.5) is 0 Å². The van der Waals surface area contributed by atoms with Crippen LogP contribution in [0.15, 0.2) is 0 Å². The van der Waals surface area contributed by atoms with E-state index in [1.165, 1.54) is 32.5 Å². The van der Waals surface area contributed by atoms with E-state index >= 15 is 0 Å². The lowest BCUT2D eigenvalue weighted by molar-refractivity contribution is 0.0601. The standard InChI is InChI=1S/C12H22N2O/c1-8-10-6-13-5-9(10)7-14(8)11-3-2-4-12(11)15/h8-13,15H,2-7H2,1H3. The van der Waals surface area contributed by atoms with Crippen LogP contribution in [0.3, 0.4) is 0 Å². The normalized spacial score (nSPS) is 51.2. The number of nitrogens with one attached hydrogen (secondary N) is 1. The first-order chi connectivity index (χ1) is 7.27. The van der Waals surface area contributed by atoms with Crippen LogP contribution in [0.25, 0.3) is 0 Å². The molecule has 3 heteroatoms. The molecule has 0 radical (unpaired) electrons. The van der Waals surface area contributed by atoms with Crippen molar-refractivity contribution in [3.63, 3.8) is 0 Å². The van der Waals surface area contributed by atoms with Crippen LogP contribution in [0.5, 0.6) is 0 Å². The van der Waals surface area contributed by atoms with Gasteiger partial charge in [-0.05, 0) is 51.1 Å². The maximum Gasteiger partial charge on any atom is 0.0695 e. The van der Waals surface area contributed by atoms with Crippen molar-refractivity contribution >= 4 is 0 Å². The molecule has 3 fully saturated rings. The number of hydrogen-bond acceptors (Lipinski definition) is 3. The summed E-state index contributed by atoms with van der Waals surface area (Å²) in [5, 5.41) is 13.5. The molecule has 15 heavy (non-hydrogen) atoms. The third-order valence-electron chi connectivity index (χ3n) is 4.85. The second-order valence-corrected chi connectivity index (χ2v) is 5.59. The lowest BCUT2D eigenvalue weighted by Crippen LogP contribution is -2.44. The molecule has 0 spiro atoms. The van der Waals surface area contributed by atoms with E-state index in [9.17, 15) is 5.11 Å². The first-order valence-corrected chi connectivity index (χ1v) is 6.42. The van der Waals surface area contributed by atoms with Gasteiger partial charge in [-0.15, -0.1) is 0 Å². The molecule has 2 heterocycles. The Bertz CT molecular complexity index is 246. The summed E-state index contributed by atoms with van der Waals surface area (Å²) < 4.78 is 0. The molecule has 3 nitrogen and oxygen atoms in total. The zero-order chi connectivity index (χ0) is 10.4. The fraction of sp³-hybridized carbons (Fsp3) is 1.00. The Labute approximate surface area is 91.8 Å². The number of nitrogens with zero attached hydrogens (tertiary/aromatic N) is 1. The Kier molecular flexibility index (Phi) is 2.49. The average molecular weight is 210 g/mol. The summed E-state index contributed by atoms with van der Waals surface area (Å²) in [6, 6.07) is 1.13. The lowest BCUT2D eigenvalue weighted by Gasteiger charge is -2.32. The van der Waals surface area contributed by atoms with E-state index in [-0.39, 0.29) is 6.10 Å². The number of likely N-dealkylation sites (tertiary alicyclic amines) is 1.